The van der Waals surface area contributed by atoms with Crippen LogP contribution in [0.25, 0.3) is 0 Å². The van der Waals surface area contributed by atoms with Crippen molar-refractivity contribution in [2.45, 2.75) is 91.5 Å². The van der Waals surface area contributed by atoms with Crippen LogP contribution in [-0.4, -0.2) is 65.7 Å². The van der Waals surface area contributed by atoms with E-state index in [0.717, 1.165) is 0 Å². The molecule has 34 heavy (non-hydrogen) atoms. The van der Waals surface area contributed by atoms with E-state index >= 15 is 0 Å². The summed E-state index contributed by atoms with van der Waals surface area (Å²) in [5.74, 6) is -2.41. The number of nitrogens with zero attached hydrogens (tertiary/aromatic N) is 1. The van der Waals surface area contributed by atoms with Crippen molar-refractivity contribution in [1.29, 1.82) is 0 Å². The summed E-state index contributed by atoms with van der Waals surface area (Å²) in [6.45, 7) is 12.9. The molecule has 1 fully saturated rings. The van der Waals surface area contributed by atoms with Crippen LogP contribution in [-0.2, 0) is 28.6 Å². The molecule has 1 aliphatic carbocycles. The monoisotopic (exact) mass is 484 g/mol. The predicted octanol–water partition coefficient (Wildman–Crippen LogP) is 1.81. The number of aliphatic imine (C=N–C) groups is 1. The van der Waals surface area contributed by atoms with E-state index in [1.54, 1.807) is 48.5 Å². The summed E-state index contributed by atoms with van der Waals surface area (Å²) in [5.41, 5.74) is -1.67. The van der Waals surface area contributed by atoms with Gasteiger partial charge in [-0.15, -0.1) is 4.99 Å². The molecule has 0 aliphatic heterocycles. The fourth-order valence-corrected chi connectivity index (χ4v) is 3.23. The highest BCUT2D eigenvalue weighted by Gasteiger charge is 2.43. The van der Waals surface area contributed by atoms with Gasteiger partial charge in [-0.05, 0) is 48.5 Å². The van der Waals surface area contributed by atoms with E-state index in [4.69, 9.17) is 14.2 Å². The molecule has 0 saturated heterocycles. The second-order valence-corrected chi connectivity index (χ2v) is 9.86. The first-order chi connectivity index (χ1) is 15.5. The van der Waals surface area contributed by atoms with Crippen LogP contribution in [0.4, 0.5) is 9.59 Å². The minimum absolute atomic E-state index is 0.0341. The summed E-state index contributed by atoms with van der Waals surface area (Å²) in [4.78, 5) is 64.9. The van der Waals surface area contributed by atoms with Crippen molar-refractivity contribution in [3.8, 4) is 0 Å². The third-order valence-electron chi connectivity index (χ3n) is 4.29. The molecule has 0 heterocycles. The maximum Gasteiger partial charge on any atom is 0.437 e. The number of rotatable bonds is 5. The molecule has 1 unspecified atom stereocenters. The van der Waals surface area contributed by atoms with Gasteiger partial charge < -0.3 is 24.8 Å². The van der Waals surface area contributed by atoms with Crippen molar-refractivity contribution in [3.05, 3.63) is 0 Å². The number of nitrogens with one attached hydrogen (secondary N) is 3. The Kier molecular flexibility index (Phi) is 10.0. The lowest BCUT2D eigenvalue weighted by molar-refractivity contribution is -0.149. The molecule has 12 nitrogen and oxygen atoms in total. The van der Waals surface area contributed by atoms with Crippen LogP contribution in [0.2, 0.25) is 0 Å². The standard InChI is InChI=1S/C22H36N4O8/c1-9-32-17(29)16(23-12(2)27)14-10-13(28)11-15(14)24-18(25-19(30)33-21(3,4)5)26-20(31)34-22(6,7)8/h14-16H,9-11H2,1-8H3,(H,23,27)(H2,24,25,26,30,31)/t14-,15-,16?/m1/s1. The topological polar surface area (TPSA) is 161 Å². The fourth-order valence-electron chi connectivity index (χ4n) is 3.23. The predicted molar refractivity (Wildman–Crippen MR) is 122 cm³/mol. The van der Waals surface area contributed by atoms with Crippen LogP contribution in [0, 0.1) is 5.92 Å². The second kappa shape index (κ2) is 11.8. The number of amides is 3. The van der Waals surface area contributed by atoms with E-state index in [1.807, 2.05) is 0 Å². The normalized spacial score (nSPS) is 19.6. The lowest BCUT2D eigenvalue weighted by Crippen LogP contribution is -2.54. The van der Waals surface area contributed by atoms with Gasteiger partial charge in [0, 0.05) is 31.7 Å². The number of Topliss-reactive ketones (excluding diaryl/α,β-unsaturated/α-hetero) is 1. The third kappa shape index (κ3) is 10.6. The van der Waals surface area contributed by atoms with Gasteiger partial charge >= 0.3 is 18.2 Å². The van der Waals surface area contributed by atoms with E-state index in [0.29, 0.717) is 0 Å². The zero-order chi connectivity index (χ0) is 26.3. The van der Waals surface area contributed by atoms with E-state index in [-0.39, 0.29) is 31.2 Å². The number of guanidine groups is 1. The first-order valence-corrected chi connectivity index (χ1v) is 11.0. The summed E-state index contributed by atoms with van der Waals surface area (Å²) in [6.07, 6.45) is -1.96. The van der Waals surface area contributed by atoms with Crippen molar-refractivity contribution in [2.24, 2.45) is 10.9 Å². The van der Waals surface area contributed by atoms with E-state index in [1.165, 1.54) is 6.92 Å². The second-order valence-electron chi connectivity index (χ2n) is 9.86. The van der Waals surface area contributed by atoms with E-state index in [9.17, 15) is 24.0 Å². The summed E-state index contributed by atoms with van der Waals surface area (Å²) >= 11 is 0. The van der Waals surface area contributed by atoms with Gasteiger partial charge in [-0.2, -0.15) is 0 Å². The van der Waals surface area contributed by atoms with Crippen LogP contribution < -0.4 is 16.0 Å². The molecule has 0 aromatic carbocycles. The largest absolute Gasteiger partial charge is 0.464 e. The van der Waals surface area contributed by atoms with Crippen molar-refractivity contribution in [1.82, 2.24) is 16.0 Å². The van der Waals surface area contributed by atoms with Crippen molar-refractivity contribution in [2.75, 3.05) is 6.61 Å². The molecule has 0 spiro atoms. The molecule has 1 aliphatic rings. The molecular weight excluding hydrogens is 448 g/mol. The zero-order valence-electron chi connectivity index (χ0n) is 21.1. The van der Waals surface area contributed by atoms with Gasteiger partial charge in [0.25, 0.3) is 0 Å². The quantitative estimate of drug-likeness (QED) is 0.229. The van der Waals surface area contributed by atoms with Gasteiger partial charge in [0.2, 0.25) is 11.9 Å². The average Bonchev–Trinajstić information content (AvgIpc) is 2.95. The number of esters is 1. The molecule has 12 heteroatoms. The first kappa shape index (κ1) is 28.9. The highest BCUT2D eigenvalue weighted by molar-refractivity contribution is 5.99. The average molecular weight is 485 g/mol. The SMILES string of the molecule is CCOC(=O)C(NC(C)=O)[C@@H]1CC(=O)C[C@H]1N/C(=N/C(=O)OC(C)(C)C)NC(=O)OC(C)(C)C. The van der Waals surface area contributed by atoms with Crippen molar-refractivity contribution < 1.29 is 38.2 Å². The highest BCUT2D eigenvalue weighted by Crippen LogP contribution is 2.27. The Morgan fingerprint density at radius 2 is 1.62 bits per heavy atom. The molecule has 0 aromatic heterocycles. The number of hydrogen-bond donors (Lipinski definition) is 3. The molecule has 0 radical (unpaired) electrons. The summed E-state index contributed by atoms with van der Waals surface area (Å²) in [6, 6.07) is -1.88. The Morgan fingerprint density at radius 1 is 1.03 bits per heavy atom. The van der Waals surface area contributed by atoms with Gasteiger partial charge in [0.1, 0.15) is 23.0 Å². The van der Waals surface area contributed by atoms with Gasteiger partial charge in [-0.1, -0.05) is 0 Å². The Balaban J connectivity index is 3.23. The Bertz CT molecular complexity index is 826. The van der Waals surface area contributed by atoms with Gasteiger partial charge in [-0.3, -0.25) is 14.9 Å². The van der Waals surface area contributed by atoms with Crippen LogP contribution in [0.5, 0.6) is 0 Å². The number of hydrogen-bond acceptors (Lipinski definition) is 8. The van der Waals surface area contributed by atoms with Crippen LogP contribution in [0.1, 0.15) is 68.2 Å². The number of ether oxygens (including phenoxy) is 3. The molecule has 192 valence electrons. The Morgan fingerprint density at radius 3 is 2.12 bits per heavy atom. The number of carbonyl (C=O) groups excluding carboxylic acids is 5. The maximum absolute atomic E-state index is 12.5. The minimum Gasteiger partial charge on any atom is -0.464 e. The minimum atomic E-state index is -1.12. The molecular formula is C22H36N4O8. The van der Waals surface area contributed by atoms with E-state index < -0.39 is 53.3 Å². The number of alkyl carbamates (subject to hydrolysis) is 1. The van der Waals surface area contributed by atoms with Crippen LogP contribution in [0.15, 0.2) is 4.99 Å². The number of ketones is 1. The van der Waals surface area contributed by atoms with Gasteiger partial charge in [0.15, 0.2) is 0 Å². The smallest absolute Gasteiger partial charge is 0.437 e. The highest BCUT2D eigenvalue weighted by atomic mass is 16.6. The zero-order valence-corrected chi connectivity index (χ0v) is 21.1. The van der Waals surface area contributed by atoms with Crippen molar-refractivity contribution in [3.63, 3.8) is 0 Å². The number of carbonyl (C=O) groups is 5. The lowest BCUT2D eigenvalue weighted by atomic mass is 9.94. The molecule has 0 bridgehead atoms. The first-order valence-electron chi connectivity index (χ1n) is 11.0. The van der Waals surface area contributed by atoms with Crippen LogP contribution >= 0.6 is 0 Å². The van der Waals surface area contributed by atoms with E-state index in [2.05, 4.69) is 20.9 Å². The molecule has 3 atom stereocenters. The molecule has 1 rings (SSSR count). The van der Waals surface area contributed by atoms with Gasteiger partial charge in [-0.25, -0.2) is 14.4 Å². The Labute approximate surface area is 199 Å². The molecule has 3 amide bonds. The molecule has 3 N–H and O–H groups in total. The molecule has 1 saturated carbocycles. The van der Waals surface area contributed by atoms with Crippen molar-refractivity contribution >= 4 is 35.8 Å². The van der Waals surface area contributed by atoms with Gasteiger partial charge in [0.05, 0.1) is 6.61 Å². The van der Waals surface area contributed by atoms with Crippen LogP contribution in [0.3, 0.4) is 0 Å². The maximum atomic E-state index is 12.5. The fraction of sp³-hybridized carbons (Fsp3) is 0.727. The lowest BCUT2D eigenvalue weighted by Gasteiger charge is -2.28. The Hall–Kier alpha value is -3.18. The summed E-state index contributed by atoms with van der Waals surface area (Å²) < 4.78 is 15.4. The third-order valence-corrected chi connectivity index (χ3v) is 4.29. The summed E-state index contributed by atoms with van der Waals surface area (Å²) in [5, 5.41) is 7.71. The summed E-state index contributed by atoms with van der Waals surface area (Å²) in [7, 11) is 0. The molecule has 0 aromatic rings.